The first-order chi connectivity index (χ1) is 16.5. The van der Waals surface area contributed by atoms with E-state index < -0.39 is 17.3 Å². The number of aromatic hydroxyl groups is 2. The van der Waals surface area contributed by atoms with Crippen LogP contribution >= 0.6 is 0 Å². The molecule has 3 rings (SSSR count). The van der Waals surface area contributed by atoms with Crippen LogP contribution in [0.2, 0.25) is 0 Å². The van der Waals surface area contributed by atoms with Gasteiger partial charge in [-0.15, -0.1) is 0 Å². The molecular weight excluding hydrogens is 442 g/mol. The van der Waals surface area contributed by atoms with Crippen LogP contribution in [0.15, 0.2) is 66.7 Å². The molecule has 6 heteroatoms. The zero-order valence-electron chi connectivity index (χ0n) is 21.1. The third-order valence-corrected chi connectivity index (χ3v) is 5.96. The Bertz CT molecular complexity index is 1090. The average Bonchev–Trinajstić information content (AvgIpc) is 2.80. The molecule has 0 heterocycles. The van der Waals surface area contributed by atoms with E-state index in [1.54, 1.807) is 0 Å². The molecule has 0 radical (unpaired) electrons. The van der Waals surface area contributed by atoms with Crippen molar-refractivity contribution in [3.05, 3.63) is 89.0 Å². The summed E-state index contributed by atoms with van der Waals surface area (Å²) in [5.41, 5.74) is 3.08. The Labute approximate surface area is 208 Å². The number of hydrogen-bond donors (Lipinski definition) is 3. The van der Waals surface area contributed by atoms with Crippen molar-refractivity contribution in [1.29, 1.82) is 0 Å². The quantitative estimate of drug-likeness (QED) is 0.395. The molecule has 0 spiro atoms. The van der Waals surface area contributed by atoms with E-state index in [0.29, 0.717) is 17.8 Å². The highest BCUT2D eigenvalue weighted by Crippen LogP contribution is 2.35. The van der Waals surface area contributed by atoms with Gasteiger partial charge in [0.25, 0.3) is 0 Å². The third-order valence-electron chi connectivity index (χ3n) is 5.96. The van der Waals surface area contributed by atoms with Gasteiger partial charge in [-0.3, -0.25) is 4.90 Å². The molecule has 35 heavy (non-hydrogen) atoms. The molecule has 0 aliphatic carbocycles. The molecule has 0 unspecified atom stereocenters. The van der Waals surface area contributed by atoms with Crippen LogP contribution in [0.3, 0.4) is 0 Å². The number of hydrogen-bond acceptors (Lipinski definition) is 5. The number of carboxylic acids is 1. The van der Waals surface area contributed by atoms with Crippen molar-refractivity contribution < 1.29 is 25.2 Å². The summed E-state index contributed by atoms with van der Waals surface area (Å²) in [5.74, 6) is -1.54. The van der Waals surface area contributed by atoms with Gasteiger partial charge in [0, 0.05) is 23.6 Å². The minimum Gasteiger partial charge on any atom is -0.872 e. The van der Waals surface area contributed by atoms with Crippen LogP contribution < -0.4 is 5.11 Å². The molecule has 6 nitrogen and oxygen atoms in total. The first-order valence-electron chi connectivity index (χ1n) is 11.8. The molecular formula is C29H36NO5-. The highest BCUT2D eigenvalue weighted by molar-refractivity contribution is 5.90. The van der Waals surface area contributed by atoms with Gasteiger partial charge in [0.1, 0.15) is 11.5 Å². The van der Waals surface area contributed by atoms with Gasteiger partial charge >= 0.3 is 5.97 Å². The number of phenols is 2. The van der Waals surface area contributed by atoms with E-state index in [4.69, 9.17) is 10.2 Å². The van der Waals surface area contributed by atoms with E-state index in [0.717, 1.165) is 36.7 Å². The van der Waals surface area contributed by atoms with E-state index in [1.165, 1.54) is 11.1 Å². The number of aryl methyl sites for hydroxylation is 1. The van der Waals surface area contributed by atoms with Crippen LogP contribution in [-0.4, -0.2) is 44.8 Å². The van der Waals surface area contributed by atoms with Crippen molar-refractivity contribution in [2.45, 2.75) is 59.0 Å². The van der Waals surface area contributed by atoms with Crippen molar-refractivity contribution in [2.24, 2.45) is 0 Å². The molecule has 0 aromatic heterocycles. The maximum Gasteiger partial charge on any atom is 0.335 e. The number of aromatic carboxylic acids is 1. The maximum absolute atomic E-state index is 10.7. The Kier molecular flexibility index (Phi) is 10.2. The van der Waals surface area contributed by atoms with Crippen LogP contribution in [-0.2, 0) is 0 Å². The van der Waals surface area contributed by atoms with Gasteiger partial charge in [-0.05, 0) is 71.3 Å². The molecule has 188 valence electrons. The van der Waals surface area contributed by atoms with Crippen LogP contribution in [0.4, 0.5) is 0 Å². The Morgan fingerprint density at radius 1 is 0.914 bits per heavy atom. The SMILES string of the molecule is Cc1ccc(O)c([C@H](CCN(C(C)C)C(C)C)c2ccccc2)c1.O=C(O)c1cc(O)ccc1[O-]. The molecule has 0 bridgehead atoms. The lowest BCUT2D eigenvalue weighted by atomic mass is 9.87. The minimum atomic E-state index is -1.33. The molecule has 0 aliphatic rings. The number of phenolic OH excluding ortho intramolecular Hbond substituents is 2. The first-order valence-corrected chi connectivity index (χ1v) is 11.8. The molecule has 3 aromatic rings. The highest BCUT2D eigenvalue weighted by Gasteiger charge is 2.21. The standard InChI is InChI=1S/C22H31NO.C7H6O4/c1-16(2)23(17(3)4)14-13-20(19-9-7-6-8-10-19)21-15-18(5)11-12-22(21)24;8-4-1-2-6(9)5(3-4)7(10)11/h6-12,15-17,20,24H,13-14H2,1-5H3;1-3,8-9H,(H,10,11)/p-1/t20-;/m1./s1. The predicted molar refractivity (Wildman–Crippen MR) is 137 cm³/mol. The van der Waals surface area contributed by atoms with Crippen molar-refractivity contribution >= 4 is 5.97 Å². The second-order valence-electron chi connectivity index (χ2n) is 9.23. The maximum atomic E-state index is 10.7. The summed E-state index contributed by atoms with van der Waals surface area (Å²) in [5, 5.41) is 38.3. The van der Waals surface area contributed by atoms with E-state index in [9.17, 15) is 15.0 Å². The number of carboxylic acid groups (broad SMARTS) is 1. The fourth-order valence-corrected chi connectivity index (χ4v) is 4.22. The number of rotatable bonds is 8. The molecule has 0 fully saturated rings. The Hall–Kier alpha value is -3.51. The molecule has 3 N–H and O–H groups in total. The zero-order valence-corrected chi connectivity index (χ0v) is 21.1. The topological polar surface area (TPSA) is 104 Å². The smallest absolute Gasteiger partial charge is 0.335 e. The monoisotopic (exact) mass is 478 g/mol. The van der Waals surface area contributed by atoms with Gasteiger partial charge in [-0.1, -0.05) is 59.8 Å². The molecule has 0 aliphatic heterocycles. The minimum absolute atomic E-state index is 0.214. The Morgan fingerprint density at radius 3 is 2.09 bits per heavy atom. The summed E-state index contributed by atoms with van der Waals surface area (Å²) in [6.07, 6.45) is 0.997. The zero-order chi connectivity index (χ0) is 26.1. The lowest BCUT2D eigenvalue weighted by Crippen LogP contribution is -2.38. The largest absolute Gasteiger partial charge is 0.872 e. The molecule has 0 saturated carbocycles. The second-order valence-corrected chi connectivity index (χ2v) is 9.23. The fraction of sp³-hybridized carbons (Fsp3) is 0.345. The van der Waals surface area contributed by atoms with Crippen molar-refractivity contribution in [1.82, 2.24) is 4.90 Å². The van der Waals surface area contributed by atoms with Crippen molar-refractivity contribution in [2.75, 3.05) is 6.54 Å². The van der Waals surface area contributed by atoms with Crippen molar-refractivity contribution in [3.63, 3.8) is 0 Å². The Morgan fingerprint density at radius 2 is 1.54 bits per heavy atom. The van der Waals surface area contributed by atoms with E-state index in [1.807, 2.05) is 18.2 Å². The molecule has 0 amide bonds. The summed E-state index contributed by atoms with van der Waals surface area (Å²) >= 11 is 0. The Balaban J connectivity index is 0.000000328. The molecule has 0 saturated heterocycles. The summed E-state index contributed by atoms with van der Waals surface area (Å²) in [6, 6.07) is 20.6. The summed E-state index contributed by atoms with van der Waals surface area (Å²) in [4.78, 5) is 12.8. The summed E-state index contributed by atoms with van der Waals surface area (Å²) in [7, 11) is 0. The lowest BCUT2D eigenvalue weighted by molar-refractivity contribution is -0.268. The molecule has 3 aromatic carbocycles. The average molecular weight is 479 g/mol. The predicted octanol–water partition coefficient (Wildman–Crippen LogP) is 5.51. The number of benzene rings is 3. The summed E-state index contributed by atoms with van der Waals surface area (Å²) < 4.78 is 0. The van der Waals surface area contributed by atoms with Gasteiger partial charge in [0.2, 0.25) is 0 Å². The van der Waals surface area contributed by atoms with Crippen LogP contribution in [0.5, 0.6) is 17.2 Å². The van der Waals surface area contributed by atoms with Crippen LogP contribution in [0, 0.1) is 6.92 Å². The van der Waals surface area contributed by atoms with Gasteiger partial charge in [-0.25, -0.2) is 4.79 Å². The van der Waals surface area contributed by atoms with Crippen LogP contribution in [0.1, 0.15) is 67.1 Å². The number of nitrogens with zero attached hydrogens (tertiary/aromatic N) is 1. The second kappa shape index (κ2) is 12.8. The van der Waals surface area contributed by atoms with Gasteiger partial charge in [0.15, 0.2) is 0 Å². The molecule has 1 atom stereocenters. The highest BCUT2D eigenvalue weighted by atomic mass is 16.4. The number of carbonyl (C=O) groups is 1. The normalized spacial score (nSPS) is 11.9. The van der Waals surface area contributed by atoms with Gasteiger partial charge in [-0.2, -0.15) is 0 Å². The van der Waals surface area contributed by atoms with E-state index >= 15 is 0 Å². The summed E-state index contributed by atoms with van der Waals surface area (Å²) in [6.45, 7) is 12.1. The third kappa shape index (κ3) is 8.04. The van der Waals surface area contributed by atoms with E-state index in [2.05, 4.69) is 69.9 Å². The van der Waals surface area contributed by atoms with Gasteiger partial charge < -0.3 is 20.4 Å². The van der Waals surface area contributed by atoms with Crippen molar-refractivity contribution in [3.8, 4) is 17.2 Å². The van der Waals surface area contributed by atoms with E-state index in [-0.39, 0.29) is 11.7 Å². The first kappa shape index (κ1) is 27.7. The van der Waals surface area contributed by atoms with Gasteiger partial charge in [0.05, 0.1) is 5.56 Å². The van der Waals surface area contributed by atoms with Crippen LogP contribution in [0.25, 0.3) is 0 Å². The fourth-order valence-electron chi connectivity index (χ4n) is 4.22. The lowest BCUT2D eigenvalue weighted by Gasteiger charge is -2.32.